The fourth-order valence-corrected chi connectivity index (χ4v) is 4.04. The third-order valence-electron chi connectivity index (χ3n) is 3.69. The summed E-state index contributed by atoms with van der Waals surface area (Å²) in [5, 5.41) is 1.34. The third-order valence-corrected chi connectivity index (χ3v) is 4.89. The van der Waals surface area contributed by atoms with Crippen molar-refractivity contribution in [2.45, 2.75) is 11.5 Å². The van der Waals surface area contributed by atoms with Gasteiger partial charge in [-0.15, -0.1) is 0 Å². The maximum absolute atomic E-state index is 12.6. The molecule has 4 rings (SSSR count). The number of hydrogen-bond donors (Lipinski definition) is 0. The van der Waals surface area contributed by atoms with Crippen molar-refractivity contribution in [3.63, 3.8) is 0 Å². The van der Waals surface area contributed by atoms with Crippen LogP contribution in [0.4, 0.5) is 0 Å². The van der Waals surface area contributed by atoms with E-state index in [1.807, 2.05) is 30.3 Å². The first-order chi connectivity index (χ1) is 10.3. The second-order valence-corrected chi connectivity index (χ2v) is 6.36. The van der Waals surface area contributed by atoms with Gasteiger partial charge < -0.3 is 0 Å². The van der Waals surface area contributed by atoms with E-state index in [2.05, 4.69) is 9.55 Å². The number of fused-ring (bicyclic) bond motifs is 2. The smallest absolute Gasteiger partial charge is 0.195 e. The van der Waals surface area contributed by atoms with E-state index < -0.39 is 0 Å². The molecule has 3 heterocycles. The van der Waals surface area contributed by atoms with Gasteiger partial charge in [-0.2, -0.15) is 11.8 Å². The minimum atomic E-state index is 0.108. The Balaban J connectivity index is 2.18. The lowest BCUT2D eigenvalue weighted by Crippen LogP contribution is -2.17. The molecule has 0 amide bonds. The normalized spacial score (nSPS) is 13.6. The number of benzene rings is 1. The molecule has 0 unspecified atom stereocenters. The van der Waals surface area contributed by atoms with Crippen molar-refractivity contribution in [3.8, 4) is 5.69 Å². The summed E-state index contributed by atoms with van der Waals surface area (Å²) >= 11 is 7.89. The van der Waals surface area contributed by atoms with Gasteiger partial charge in [0, 0.05) is 39.7 Å². The number of hydrogen-bond acceptors (Lipinski definition) is 3. The van der Waals surface area contributed by atoms with Crippen molar-refractivity contribution in [2.24, 2.45) is 0 Å². The van der Waals surface area contributed by atoms with Gasteiger partial charge >= 0.3 is 0 Å². The monoisotopic (exact) mass is 314 g/mol. The van der Waals surface area contributed by atoms with Crippen molar-refractivity contribution in [2.75, 3.05) is 0 Å². The van der Waals surface area contributed by atoms with E-state index in [0.29, 0.717) is 16.1 Å². The highest BCUT2D eigenvalue weighted by Crippen LogP contribution is 2.32. The minimum absolute atomic E-state index is 0.108. The first-order valence-electron chi connectivity index (χ1n) is 6.61. The lowest BCUT2D eigenvalue weighted by molar-refractivity contribution is 0.978. The van der Waals surface area contributed by atoms with Crippen molar-refractivity contribution < 1.29 is 0 Å². The summed E-state index contributed by atoms with van der Waals surface area (Å²) in [4.78, 5) is 17.0. The maximum atomic E-state index is 12.6. The first-order valence-corrected chi connectivity index (χ1v) is 8.14. The molecule has 3 aromatic rings. The van der Waals surface area contributed by atoms with Crippen LogP contribution >= 0.6 is 23.4 Å². The SMILES string of the molecule is O=c1c2c(n(-c3cccc(Cl)c3)c3ncccc13)CSC2. The second kappa shape index (κ2) is 4.90. The molecule has 0 spiro atoms. The van der Waals surface area contributed by atoms with E-state index in [-0.39, 0.29) is 5.43 Å². The van der Waals surface area contributed by atoms with Gasteiger partial charge in [0.15, 0.2) is 5.43 Å². The predicted molar refractivity (Wildman–Crippen MR) is 87.3 cm³/mol. The van der Waals surface area contributed by atoms with Gasteiger partial charge in [-0.3, -0.25) is 9.36 Å². The van der Waals surface area contributed by atoms with Crippen molar-refractivity contribution >= 4 is 34.4 Å². The number of pyridine rings is 2. The van der Waals surface area contributed by atoms with Crippen LogP contribution in [0.25, 0.3) is 16.7 Å². The minimum Gasteiger partial charge on any atom is -0.297 e. The van der Waals surface area contributed by atoms with Gasteiger partial charge in [0.1, 0.15) is 5.65 Å². The standard InChI is InChI=1S/C16H11ClN2OS/c17-10-3-1-4-11(7-10)19-14-9-21-8-13(14)15(20)12-5-2-6-18-16(12)19/h1-7H,8-9H2. The summed E-state index contributed by atoms with van der Waals surface area (Å²) in [5.41, 5.74) is 3.69. The Labute approximate surface area is 130 Å². The topological polar surface area (TPSA) is 34.9 Å². The molecule has 1 aliphatic rings. The molecule has 0 atom stereocenters. The molecular formula is C16H11ClN2OS. The Bertz CT molecular complexity index is 920. The lowest BCUT2D eigenvalue weighted by Gasteiger charge is -2.15. The molecule has 3 nitrogen and oxygen atoms in total. The van der Waals surface area contributed by atoms with Gasteiger partial charge in [-0.05, 0) is 30.3 Å². The Morgan fingerprint density at radius 2 is 2.10 bits per heavy atom. The fraction of sp³-hybridized carbons (Fsp3) is 0.125. The van der Waals surface area contributed by atoms with Crippen LogP contribution in [0.2, 0.25) is 5.02 Å². The van der Waals surface area contributed by atoms with E-state index in [4.69, 9.17) is 11.6 Å². The number of thioether (sulfide) groups is 1. The van der Waals surface area contributed by atoms with E-state index >= 15 is 0 Å². The Morgan fingerprint density at radius 1 is 1.19 bits per heavy atom. The van der Waals surface area contributed by atoms with E-state index in [1.165, 1.54) is 0 Å². The van der Waals surface area contributed by atoms with Gasteiger partial charge in [0.2, 0.25) is 0 Å². The van der Waals surface area contributed by atoms with E-state index in [0.717, 1.165) is 28.5 Å². The summed E-state index contributed by atoms with van der Waals surface area (Å²) in [5.74, 6) is 1.59. The quantitative estimate of drug-likeness (QED) is 0.685. The maximum Gasteiger partial charge on any atom is 0.195 e. The van der Waals surface area contributed by atoms with Gasteiger partial charge in [0.05, 0.1) is 5.39 Å². The molecular weight excluding hydrogens is 304 g/mol. The zero-order valence-corrected chi connectivity index (χ0v) is 12.6. The predicted octanol–water partition coefficient (Wildman–Crippen LogP) is 3.79. The van der Waals surface area contributed by atoms with Gasteiger partial charge in [0.25, 0.3) is 0 Å². The largest absolute Gasteiger partial charge is 0.297 e. The number of nitrogens with zero attached hydrogens (tertiary/aromatic N) is 2. The molecule has 0 fully saturated rings. The molecule has 0 saturated heterocycles. The molecule has 1 aliphatic heterocycles. The molecule has 0 bridgehead atoms. The molecule has 2 aromatic heterocycles. The van der Waals surface area contributed by atoms with Crippen LogP contribution in [-0.2, 0) is 11.5 Å². The third kappa shape index (κ3) is 1.98. The molecule has 1 aromatic carbocycles. The van der Waals surface area contributed by atoms with Crippen LogP contribution in [0.1, 0.15) is 11.3 Å². The summed E-state index contributed by atoms with van der Waals surface area (Å²) in [6.07, 6.45) is 1.72. The second-order valence-electron chi connectivity index (χ2n) is 4.94. The molecule has 5 heteroatoms. The van der Waals surface area contributed by atoms with Crippen LogP contribution in [0.5, 0.6) is 0 Å². The van der Waals surface area contributed by atoms with Crippen LogP contribution in [-0.4, -0.2) is 9.55 Å². The average Bonchev–Trinajstić information content (AvgIpc) is 2.97. The zero-order chi connectivity index (χ0) is 14.4. The van der Waals surface area contributed by atoms with Crippen molar-refractivity contribution in [3.05, 3.63) is 69.1 Å². The highest BCUT2D eigenvalue weighted by Gasteiger charge is 2.22. The Kier molecular flexibility index (Phi) is 3.01. The summed E-state index contributed by atoms with van der Waals surface area (Å²) < 4.78 is 2.07. The van der Waals surface area contributed by atoms with Crippen molar-refractivity contribution in [1.82, 2.24) is 9.55 Å². The van der Waals surface area contributed by atoms with Gasteiger partial charge in [-0.1, -0.05) is 17.7 Å². The van der Waals surface area contributed by atoms with Crippen LogP contribution in [0, 0.1) is 0 Å². The zero-order valence-electron chi connectivity index (χ0n) is 11.0. The highest BCUT2D eigenvalue weighted by molar-refractivity contribution is 7.98. The van der Waals surface area contributed by atoms with Crippen molar-refractivity contribution in [1.29, 1.82) is 0 Å². The van der Waals surface area contributed by atoms with E-state index in [1.54, 1.807) is 24.0 Å². The molecule has 0 aliphatic carbocycles. The summed E-state index contributed by atoms with van der Waals surface area (Å²) in [6.45, 7) is 0. The number of halogens is 1. The lowest BCUT2D eigenvalue weighted by atomic mass is 10.1. The number of aromatic nitrogens is 2. The highest BCUT2D eigenvalue weighted by atomic mass is 35.5. The Morgan fingerprint density at radius 3 is 2.95 bits per heavy atom. The molecule has 0 radical (unpaired) electrons. The van der Waals surface area contributed by atoms with Gasteiger partial charge in [-0.25, -0.2) is 4.98 Å². The Hall–Kier alpha value is -1.78. The van der Waals surface area contributed by atoms with E-state index in [9.17, 15) is 4.79 Å². The average molecular weight is 315 g/mol. The summed E-state index contributed by atoms with van der Waals surface area (Å²) in [7, 11) is 0. The number of rotatable bonds is 1. The molecule has 0 saturated carbocycles. The van der Waals surface area contributed by atoms with Crippen LogP contribution < -0.4 is 5.43 Å². The first kappa shape index (κ1) is 12.9. The van der Waals surface area contributed by atoms with Crippen LogP contribution in [0.3, 0.4) is 0 Å². The summed E-state index contributed by atoms with van der Waals surface area (Å²) in [6, 6.07) is 11.3. The molecule has 0 N–H and O–H groups in total. The molecule has 104 valence electrons. The van der Waals surface area contributed by atoms with Crippen LogP contribution in [0.15, 0.2) is 47.4 Å². The molecule has 21 heavy (non-hydrogen) atoms. The fourth-order valence-electron chi connectivity index (χ4n) is 2.75.